The normalized spacial score (nSPS) is 4.80. The number of hydrogen-bond donors (Lipinski definition) is 0. The Hall–Kier alpha value is 0.0882. The van der Waals surface area contributed by atoms with Gasteiger partial charge in [0, 0.05) is 0 Å². The molecule has 0 unspecified atom stereocenters. The van der Waals surface area contributed by atoms with E-state index in [1.54, 1.807) is 0 Å². The van der Waals surface area contributed by atoms with Crippen LogP contribution in [0.1, 0.15) is 0 Å². The predicted octanol–water partition coefficient (Wildman–Crippen LogP) is -2.83. The van der Waals surface area contributed by atoms with E-state index in [0.717, 1.165) is 0 Å². The minimum atomic E-state index is -2.33. The Bertz CT molecular complexity index is 29.9. The van der Waals surface area contributed by atoms with Crippen LogP contribution in [0.5, 0.6) is 0 Å². The smallest absolute Gasteiger partial charge is 0.652 e. The van der Waals surface area contributed by atoms with Gasteiger partial charge < -0.3 is 15.0 Å². The Morgan fingerprint density at radius 3 is 1.40 bits per heavy atom. The van der Waals surface area contributed by atoms with E-state index in [1.165, 1.54) is 0 Å². The first-order valence-electron chi connectivity index (χ1n) is 0.612. The molecule has 0 heterocycles. The first-order valence-corrected chi connectivity index (χ1v) is 0.612. The van der Waals surface area contributed by atoms with Gasteiger partial charge in [-0.1, -0.05) is 0 Å². The molecule has 0 saturated heterocycles. The maximum Gasteiger partial charge on any atom is 3.00 e. The van der Waals surface area contributed by atoms with Gasteiger partial charge >= 0.3 is 24.4 Å². The van der Waals surface area contributed by atoms with Gasteiger partial charge in [-0.3, -0.25) is 0 Å². The number of carbonyl (C=O) groups excluding carboxylic acids is 1. The zero-order chi connectivity index (χ0) is 3.58. The fraction of sp³-hybridized carbons (Fsp3) is 0. The SMILES string of the molecule is O=C([O-])[O-].[Sb+3]. The third-order valence-electron chi connectivity index (χ3n) is 0. The van der Waals surface area contributed by atoms with Crippen LogP contribution in [0, 0.1) is 0 Å². The monoisotopic (exact) mass is 181 g/mol. The van der Waals surface area contributed by atoms with E-state index < -0.39 is 6.16 Å². The maximum absolute atomic E-state index is 8.33. The fourth-order valence-electron chi connectivity index (χ4n) is 0. The van der Waals surface area contributed by atoms with Crippen LogP contribution in [0.2, 0.25) is 0 Å². The van der Waals surface area contributed by atoms with Crippen molar-refractivity contribution in [3.05, 3.63) is 0 Å². The second kappa shape index (κ2) is 4.09. The first-order chi connectivity index (χ1) is 1.73. The zero-order valence-corrected chi connectivity index (χ0v) is 4.72. The van der Waals surface area contributed by atoms with E-state index in [1.807, 2.05) is 0 Å². The van der Waals surface area contributed by atoms with Crippen LogP contribution in [0.25, 0.3) is 0 Å². The molecule has 0 bridgehead atoms. The zero-order valence-electron chi connectivity index (χ0n) is 2.17. The van der Waals surface area contributed by atoms with Gasteiger partial charge in [0.05, 0.1) is 0 Å². The van der Waals surface area contributed by atoms with Gasteiger partial charge in [-0.15, -0.1) is 0 Å². The second-order valence-electron chi connectivity index (χ2n) is 0.250. The standard InChI is InChI=1S/CH2O3.Sb/c2-1(3)4;/h(H2,2,3,4);/q;+3/p-2. The second-order valence-corrected chi connectivity index (χ2v) is 0.250. The molecule has 0 aromatic heterocycles. The van der Waals surface area contributed by atoms with E-state index in [-0.39, 0.29) is 24.4 Å². The van der Waals surface area contributed by atoms with E-state index in [0.29, 0.717) is 0 Å². The molecule has 4 heteroatoms. The Morgan fingerprint density at radius 2 is 1.40 bits per heavy atom. The summed E-state index contributed by atoms with van der Waals surface area (Å²) in [6.07, 6.45) is -2.33. The van der Waals surface area contributed by atoms with E-state index in [2.05, 4.69) is 0 Å². The van der Waals surface area contributed by atoms with E-state index in [4.69, 9.17) is 15.0 Å². The Labute approximate surface area is 46.1 Å². The van der Waals surface area contributed by atoms with Gasteiger partial charge in [0.2, 0.25) is 0 Å². The quantitative estimate of drug-likeness (QED) is 0.379. The summed E-state index contributed by atoms with van der Waals surface area (Å²) in [6.45, 7) is 0. The molecule has 3 nitrogen and oxygen atoms in total. The maximum atomic E-state index is 8.33. The van der Waals surface area contributed by atoms with Crippen LogP contribution in [0.3, 0.4) is 0 Å². The van der Waals surface area contributed by atoms with Crippen molar-refractivity contribution in [3.63, 3.8) is 0 Å². The first kappa shape index (κ1) is 8.92. The van der Waals surface area contributed by atoms with Gasteiger partial charge in [0.25, 0.3) is 0 Å². The van der Waals surface area contributed by atoms with Gasteiger partial charge in [-0.25, -0.2) is 0 Å². The van der Waals surface area contributed by atoms with Crippen molar-refractivity contribution in [2.45, 2.75) is 0 Å². The van der Waals surface area contributed by atoms with Gasteiger partial charge in [-0.2, -0.15) is 0 Å². The third kappa shape index (κ3) is 2290. The fourth-order valence-corrected chi connectivity index (χ4v) is 0. The minimum absolute atomic E-state index is 0. The Balaban J connectivity index is 0. The molecule has 0 atom stereocenters. The summed E-state index contributed by atoms with van der Waals surface area (Å²) in [4.78, 5) is 8.33. The summed E-state index contributed by atoms with van der Waals surface area (Å²) in [5.74, 6) is 0. The van der Waals surface area contributed by atoms with Crippen LogP contribution >= 0.6 is 0 Å². The van der Waals surface area contributed by atoms with Gasteiger partial charge in [-0.05, 0) is 6.16 Å². The van der Waals surface area contributed by atoms with Crippen molar-refractivity contribution in [3.8, 4) is 0 Å². The molecule has 0 aromatic carbocycles. The van der Waals surface area contributed by atoms with Gasteiger partial charge in [0.1, 0.15) is 0 Å². The van der Waals surface area contributed by atoms with Crippen LogP contribution in [-0.2, 0) is 0 Å². The molecule has 0 amide bonds. The van der Waals surface area contributed by atoms with Crippen LogP contribution in [-0.4, -0.2) is 30.6 Å². The van der Waals surface area contributed by atoms with Crippen molar-refractivity contribution in [2.75, 3.05) is 0 Å². The van der Waals surface area contributed by atoms with Crippen molar-refractivity contribution >= 4 is 30.6 Å². The molecule has 0 fully saturated rings. The average molecular weight is 182 g/mol. The van der Waals surface area contributed by atoms with Crippen LogP contribution in [0.4, 0.5) is 4.79 Å². The summed E-state index contributed by atoms with van der Waals surface area (Å²) >= 11 is 0. The van der Waals surface area contributed by atoms with Crippen LogP contribution < -0.4 is 10.2 Å². The van der Waals surface area contributed by atoms with Crippen molar-refractivity contribution in [2.24, 2.45) is 0 Å². The van der Waals surface area contributed by atoms with E-state index >= 15 is 0 Å². The average Bonchev–Trinajstić information content (AvgIpc) is 0.811. The number of carbonyl (C=O) groups is 1. The molecular formula is CO3Sb+. The minimum Gasteiger partial charge on any atom is -0.652 e. The van der Waals surface area contributed by atoms with Crippen molar-refractivity contribution in [1.29, 1.82) is 0 Å². The van der Waals surface area contributed by atoms with Crippen molar-refractivity contribution < 1.29 is 15.0 Å². The van der Waals surface area contributed by atoms with Crippen LogP contribution in [0.15, 0.2) is 0 Å². The number of hydrogen-bond acceptors (Lipinski definition) is 3. The third-order valence-corrected chi connectivity index (χ3v) is 0. The van der Waals surface area contributed by atoms with Gasteiger partial charge in [0.15, 0.2) is 0 Å². The Kier molecular flexibility index (Phi) is 7.29. The molecule has 2 radical (unpaired) electrons. The molecule has 0 aliphatic carbocycles. The molecule has 0 aromatic rings. The molecule has 26 valence electrons. The predicted molar refractivity (Wildman–Crippen MR) is 11.1 cm³/mol. The molecular weight excluding hydrogens is 182 g/mol. The summed E-state index contributed by atoms with van der Waals surface area (Å²) in [6, 6.07) is 0. The molecule has 0 spiro atoms. The number of carboxylic acid groups (broad SMARTS) is 2. The molecule has 0 saturated carbocycles. The summed E-state index contributed by atoms with van der Waals surface area (Å²) in [5, 5.41) is 16.7. The summed E-state index contributed by atoms with van der Waals surface area (Å²) in [7, 11) is 0. The summed E-state index contributed by atoms with van der Waals surface area (Å²) < 4.78 is 0. The Morgan fingerprint density at radius 1 is 1.40 bits per heavy atom. The molecule has 0 aliphatic heterocycles. The molecule has 5 heavy (non-hydrogen) atoms. The van der Waals surface area contributed by atoms with Crippen molar-refractivity contribution in [1.82, 2.24) is 0 Å². The summed E-state index contributed by atoms with van der Waals surface area (Å²) in [5.41, 5.74) is 0. The molecule has 0 aliphatic rings. The molecule has 0 rings (SSSR count). The largest absolute Gasteiger partial charge is 3.00 e. The number of rotatable bonds is 0. The van der Waals surface area contributed by atoms with E-state index in [9.17, 15) is 0 Å². The topological polar surface area (TPSA) is 63.2 Å². The molecule has 0 N–H and O–H groups in total.